The molecule has 0 amide bonds. The highest BCUT2D eigenvalue weighted by atomic mass is 32.1. The molecule has 1 atom stereocenters. The van der Waals surface area contributed by atoms with Gasteiger partial charge in [-0.3, -0.25) is 14.5 Å². The van der Waals surface area contributed by atoms with Crippen molar-refractivity contribution >= 4 is 34.3 Å². The van der Waals surface area contributed by atoms with Gasteiger partial charge in [-0.1, -0.05) is 6.07 Å². The van der Waals surface area contributed by atoms with Gasteiger partial charge in [0.1, 0.15) is 5.82 Å². The number of carbonyl (C=O) groups excluding carboxylic acids is 1. The van der Waals surface area contributed by atoms with Crippen molar-refractivity contribution in [2.45, 2.75) is 51.3 Å². The quantitative estimate of drug-likeness (QED) is 0.300. The number of ketones is 1. The van der Waals surface area contributed by atoms with Crippen molar-refractivity contribution in [3.63, 3.8) is 0 Å². The molecule has 2 aromatic heterocycles. The number of hydrogen-bond acceptors (Lipinski definition) is 8. The fourth-order valence-electron chi connectivity index (χ4n) is 6.60. The first-order chi connectivity index (χ1) is 20.3. The summed E-state index contributed by atoms with van der Waals surface area (Å²) in [6.45, 7) is 1.62. The minimum atomic E-state index is -0.649. The molecular formula is C32H32FN5O3S. The van der Waals surface area contributed by atoms with E-state index in [0.29, 0.717) is 33.8 Å². The van der Waals surface area contributed by atoms with E-state index in [9.17, 15) is 14.7 Å². The Kier molecular flexibility index (Phi) is 6.72. The van der Waals surface area contributed by atoms with Crippen LogP contribution in [0.3, 0.4) is 0 Å². The molecule has 2 aliphatic heterocycles. The second-order valence-electron chi connectivity index (χ2n) is 11.6. The summed E-state index contributed by atoms with van der Waals surface area (Å²) >= 11 is 1.55. The summed E-state index contributed by atoms with van der Waals surface area (Å²) in [5.41, 5.74) is 6.58. The van der Waals surface area contributed by atoms with Crippen LogP contribution < -0.4 is 16.2 Å². The number of nitrogens with zero attached hydrogens (tertiary/aromatic N) is 3. The van der Waals surface area contributed by atoms with E-state index in [1.54, 1.807) is 18.4 Å². The van der Waals surface area contributed by atoms with Crippen molar-refractivity contribution in [2.75, 3.05) is 24.2 Å². The van der Waals surface area contributed by atoms with Crippen LogP contribution in [0.5, 0.6) is 0 Å². The van der Waals surface area contributed by atoms with E-state index in [2.05, 4.69) is 27.6 Å². The van der Waals surface area contributed by atoms with Gasteiger partial charge in [-0.2, -0.15) is 0 Å². The maximum absolute atomic E-state index is 15.3. The number of benzene rings is 2. The number of hydrogen-bond donors (Lipinski definition) is 3. The number of carbonyl (C=O) groups is 1. The minimum Gasteiger partial charge on any atom is -0.392 e. The Morgan fingerprint density at radius 3 is 2.76 bits per heavy atom. The molecule has 0 bridgehead atoms. The first-order valence-corrected chi connectivity index (χ1v) is 15.1. The lowest BCUT2D eigenvalue weighted by Gasteiger charge is -2.26. The maximum atomic E-state index is 15.3. The van der Waals surface area contributed by atoms with E-state index in [4.69, 9.17) is 0 Å². The molecule has 0 fully saturated rings. The molecule has 0 saturated heterocycles. The number of nitrogens with one attached hydrogen (secondary N) is 2. The SMILES string of the molecule is CN1Cc2ccc(Nc3nc(-c4cc(F)cc(C5CNc6c(sc7c6CCCC7)C5=O)c4CO)cn(C)c3=O)cc2C1. The van der Waals surface area contributed by atoms with Crippen molar-refractivity contribution < 1.29 is 14.3 Å². The van der Waals surface area contributed by atoms with E-state index in [-0.39, 0.29) is 17.2 Å². The molecule has 10 heteroatoms. The second-order valence-corrected chi connectivity index (χ2v) is 12.7. The Morgan fingerprint density at radius 1 is 1.12 bits per heavy atom. The monoisotopic (exact) mass is 585 g/mol. The number of aryl methyl sites for hydroxylation is 2. The molecule has 0 saturated carbocycles. The zero-order chi connectivity index (χ0) is 29.1. The van der Waals surface area contributed by atoms with Crippen LogP contribution in [0, 0.1) is 5.82 Å². The number of aromatic nitrogens is 2. The lowest BCUT2D eigenvalue weighted by molar-refractivity contribution is 0.0963. The highest BCUT2D eigenvalue weighted by Gasteiger charge is 2.36. The Labute approximate surface area is 246 Å². The largest absolute Gasteiger partial charge is 0.392 e. The number of rotatable bonds is 5. The smallest absolute Gasteiger partial charge is 0.293 e. The van der Waals surface area contributed by atoms with Gasteiger partial charge in [-0.25, -0.2) is 9.37 Å². The highest BCUT2D eigenvalue weighted by molar-refractivity contribution is 7.15. The van der Waals surface area contributed by atoms with E-state index in [0.717, 1.165) is 50.1 Å². The first-order valence-electron chi connectivity index (χ1n) is 14.3. The van der Waals surface area contributed by atoms with Crippen molar-refractivity contribution in [1.29, 1.82) is 0 Å². The summed E-state index contributed by atoms with van der Waals surface area (Å²) < 4.78 is 16.6. The van der Waals surface area contributed by atoms with E-state index >= 15 is 4.39 Å². The van der Waals surface area contributed by atoms with Crippen LogP contribution in [0.15, 0.2) is 41.3 Å². The van der Waals surface area contributed by atoms with Crippen LogP contribution in [-0.4, -0.2) is 38.9 Å². The molecule has 1 aliphatic carbocycles. The van der Waals surface area contributed by atoms with Crippen molar-refractivity contribution in [3.05, 3.63) is 90.3 Å². The highest BCUT2D eigenvalue weighted by Crippen LogP contribution is 2.44. The van der Waals surface area contributed by atoms with Gasteiger partial charge in [0.15, 0.2) is 11.6 Å². The summed E-state index contributed by atoms with van der Waals surface area (Å²) in [6, 6.07) is 8.64. The van der Waals surface area contributed by atoms with E-state index < -0.39 is 18.3 Å². The van der Waals surface area contributed by atoms with Gasteiger partial charge in [0.2, 0.25) is 0 Å². The van der Waals surface area contributed by atoms with Crippen molar-refractivity contribution in [1.82, 2.24) is 14.5 Å². The number of thiophene rings is 1. The third-order valence-corrected chi connectivity index (χ3v) is 9.98. The molecule has 2 aromatic carbocycles. The summed E-state index contributed by atoms with van der Waals surface area (Å²) in [7, 11) is 3.67. The number of aliphatic hydroxyl groups is 1. The topological polar surface area (TPSA) is 99.5 Å². The third-order valence-electron chi connectivity index (χ3n) is 8.67. The molecule has 0 spiro atoms. The molecular weight excluding hydrogens is 553 g/mol. The molecule has 1 unspecified atom stereocenters. The summed E-state index contributed by atoms with van der Waals surface area (Å²) in [5, 5.41) is 17.2. The van der Waals surface area contributed by atoms with Gasteiger partial charge in [0.05, 0.1) is 28.8 Å². The van der Waals surface area contributed by atoms with Crippen molar-refractivity contribution in [3.8, 4) is 11.3 Å². The van der Waals surface area contributed by atoms with Gasteiger partial charge in [-0.15, -0.1) is 11.3 Å². The van der Waals surface area contributed by atoms with Gasteiger partial charge < -0.3 is 20.3 Å². The molecule has 0 radical (unpaired) electrons. The predicted molar refractivity (Wildman–Crippen MR) is 162 cm³/mol. The predicted octanol–water partition coefficient (Wildman–Crippen LogP) is 5.10. The molecule has 4 aromatic rings. The van der Waals surface area contributed by atoms with E-state index in [1.165, 1.54) is 44.5 Å². The average Bonchev–Trinajstić information content (AvgIpc) is 3.55. The standard InChI is InChI=1S/C32H32FN5O3S/c1-37-13-17-7-8-20(9-18(17)14-37)35-31-32(41)38(2)15-26(36-31)23-11-19(33)10-22(25(23)16-39)24-12-34-28-21-5-3-4-6-27(21)42-30(28)29(24)40/h7-11,15,24,34,39H,3-6,12-14,16H2,1-2H3,(H,35,36). The molecule has 8 nitrogen and oxygen atoms in total. The Morgan fingerprint density at radius 2 is 1.93 bits per heavy atom. The third kappa shape index (κ3) is 4.54. The fraction of sp³-hybridized carbons (Fsp3) is 0.344. The van der Waals surface area contributed by atoms with Crippen LogP contribution >= 0.6 is 11.3 Å². The lowest BCUT2D eigenvalue weighted by Crippen LogP contribution is -2.28. The summed E-state index contributed by atoms with van der Waals surface area (Å²) in [6.07, 6.45) is 5.73. The van der Waals surface area contributed by atoms with Gasteiger partial charge in [-0.05, 0) is 84.8 Å². The molecule has 216 valence electrons. The Bertz CT molecular complexity index is 1810. The molecule has 42 heavy (non-hydrogen) atoms. The summed E-state index contributed by atoms with van der Waals surface area (Å²) in [5.74, 6) is -1.13. The fourth-order valence-corrected chi connectivity index (χ4v) is 7.96. The van der Waals surface area contributed by atoms with Gasteiger partial charge in [0, 0.05) is 49.0 Å². The molecule has 4 heterocycles. The second kappa shape index (κ2) is 10.4. The Balaban J connectivity index is 1.27. The Hall–Kier alpha value is -3.86. The van der Waals surface area contributed by atoms with Gasteiger partial charge >= 0.3 is 0 Å². The average molecular weight is 586 g/mol. The zero-order valence-electron chi connectivity index (χ0n) is 23.6. The molecule has 3 N–H and O–H groups in total. The van der Waals surface area contributed by atoms with Crippen LogP contribution in [0.2, 0.25) is 0 Å². The van der Waals surface area contributed by atoms with Crippen LogP contribution in [0.25, 0.3) is 11.3 Å². The van der Waals surface area contributed by atoms with Crippen molar-refractivity contribution in [2.24, 2.45) is 7.05 Å². The van der Waals surface area contributed by atoms with Crippen LogP contribution in [0.4, 0.5) is 21.6 Å². The minimum absolute atomic E-state index is 0.0487. The van der Waals surface area contributed by atoms with Crippen LogP contribution in [0.1, 0.15) is 61.1 Å². The molecule has 3 aliphatic rings. The van der Waals surface area contributed by atoms with Gasteiger partial charge in [0.25, 0.3) is 5.56 Å². The summed E-state index contributed by atoms with van der Waals surface area (Å²) in [4.78, 5) is 35.7. The number of fused-ring (bicyclic) bond motifs is 4. The van der Waals surface area contributed by atoms with Crippen LogP contribution in [-0.2, 0) is 39.6 Å². The number of halogens is 1. The zero-order valence-corrected chi connectivity index (χ0v) is 24.4. The van der Waals surface area contributed by atoms with E-state index in [1.807, 2.05) is 18.2 Å². The molecule has 7 rings (SSSR count). The maximum Gasteiger partial charge on any atom is 0.293 e. The number of anilines is 3. The number of aliphatic hydroxyl groups excluding tert-OH is 1. The normalized spacial score (nSPS) is 17.9. The number of Topliss-reactive ketones (excluding diaryl/α,β-unsaturated/α-hetero) is 1. The first kappa shape index (κ1) is 27.0. The lowest BCUT2D eigenvalue weighted by atomic mass is 9.84.